The molecule has 136 valence electrons. The SMILES string of the molecule is OC12CC3CC(C1)CC(O)(C3)C2.OC12CC3CC(C1)CC(O)(C3)C2. The number of hydrogen-bond donors (Lipinski definition) is 4. The molecule has 8 rings (SSSR count). The third-order valence-corrected chi connectivity index (χ3v) is 8.00. The van der Waals surface area contributed by atoms with Gasteiger partial charge in [0.1, 0.15) is 0 Å². The molecular formula is C20H32O4. The molecule has 0 spiro atoms. The van der Waals surface area contributed by atoms with Gasteiger partial charge in [0.05, 0.1) is 22.4 Å². The molecule has 8 fully saturated rings. The highest BCUT2D eigenvalue weighted by Gasteiger charge is 2.57. The van der Waals surface area contributed by atoms with Gasteiger partial charge in [0.15, 0.2) is 0 Å². The molecule has 0 amide bonds. The third kappa shape index (κ3) is 2.65. The Morgan fingerprint density at radius 1 is 0.417 bits per heavy atom. The van der Waals surface area contributed by atoms with Crippen molar-refractivity contribution in [3.63, 3.8) is 0 Å². The van der Waals surface area contributed by atoms with Crippen LogP contribution in [0.1, 0.15) is 77.0 Å². The number of aliphatic hydroxyl groups is 4. The first-order valence-corrected chi connectivity index (χ1v) is 10.0. The minimum atomic E-state index is -0.487. The van der Waals surface area contributed by atoms with Gasteiger partial charge in [-0.2, -0.15) is 0 Å². The molecule has 4 heteroatoms. The summed E-state index contributed by atoms with van der Waals surface area (Å²) < 4.78 is 0. The van der Waals surface area contributed by atoms with Crippen LogP contribution in [-0.4, -0.2) is 42.8 Å². The maximum atomic E-state index is 10.1. The van der Waals surface area contributed by atoms with Crippen molar-refractivity contribution in [3.8, 4) is 0 Å². The van der Waals surface area contributed by atoms with Crippen molar-refractivity contribution in [1.82, 2.24) is 0 Å². The predicted molar refractivity (Wildman–Crippen MR) is 89.2 cm³/mol. The molecule has 0 saturated heterocycles. The highest BCUT2D eigenvalue weighted by Crippen LogP contribution is 2.58. The molecule has 0 unspecified atom stereocenters. The van der Waals surface area contributed by atoms with E-state index < -0.39 is 22.4 Å². The summed E-state index contributed by atoms with van der Waals surface area (Å²) in [6.07, 6.45) is 11.4. The van der Waals surface area contributed by atoms with Crippen LogP contribution >= 0.6 is 0 Å². The zero-order valence-corrected chi connectivity index (χ0v) is 14.6. The lowest BCUT2D eigenvalue weighted by atomic mass is 9.52. The summed E-state index contributed by atoms with van der Waals surface area (Å²) in [4.78, 5) is 0. The Morgan fingerprint density at radius 2 is 0.625 bits per heavy atom. The van der Waals surface area contributed by atoms with Crippen LogP contribution in [-0.2, 0) is 0 Å². The normalized spacial score (nSPS) is 62.5. The standard InChI is InChI=1S/2C10H16O2/c2*11-9-2-7-1-8(4-9)5-10(12,3-7)6-9/h2*7-8,11-12H,1-6H2. The fourth-order valence-corrected chi connectivity index (χ4v) is 8.33. The summed E-state index contributed by atoms with van der Waals surface area (Å²) in [5.74, 6) is 2.45. The minimum absolute atomic E-state index is 0.487. The van der Waals surface area contributed by atoms with E-state index >= 15 is 0 Å². The van der Waals surface area contributed by atoms with Crippen LogP contribution in [0.2, 0.25) is 0 Å². The molecule has 0 aromatic heterocycles. The second-order valence-electron chi connectivity index (χ2n) is 10.8. The van der Waals surface area contributed by atoms with Crippen molar-refractivity contribution in [3.05, 3.63) is 0 Å². The highest BCUT2D eigenvalue weighted by atomic mass is 16.3. The van der Waals surface area contributed by atoms with E-state index in [0.29, 0.717) is 36.5 Å². The van der Waals surface area contributed by atoms with Crippen molar-refractivity contribution in [2.75, 3.05) is 0 Å². The smallest absolute Gasteiger partial charge is 0.0680 e. The topological polar surface area (TPSA) is 80.9 Å². The summed E-state index contributed by atoms with van der Waals surface area (Å²) in [5, 5.41) is 40.4. The van der Waals surface area contributed by atoms with E-state index in [9.17, 15) is 20.4 Å². The van der Waals surface area contributed by atoms with Crippen LogP contribution in [0.3, 0.4) is 0 Å². The summed E-state index contributed by atoms with van der Waals surface area (Å²) in [6, 6.07) is 0. The van der Waals surface area contributed by atoms with Gasteiger partial charge >= 0.3 is 0 Å². The Hall–Kier alpha value is -0.160. The van der Waals surface area contributed by atoms with Gasteiger partial charge in [-0.15, -0.1) is 0 Å². The van der Waals surface area contributed by atoms with E-state index in [2.05, 4.69) is 0 Å². The Morgan fingerprint density at radius 3 is 0.792 bits per heavy atom. The second kappa shape index (κ2) is 4.76. The molecule has 0 radical (unpaired) electrons. The molecule has 0 aromatic rings. The van der Waals surface area contributed by atoms with Gasteiger partial charge in [-0.05, 0) is 87.9 Å². The van der Waals surface area contributed by atoms with Crippen molar-refractivity contribution < 1.29 is 20.4 Å². The highest BCUT2D eigenvalue weighted by molar-refractivity contribution is 5.09. The minimum Gasteiger partial charge on any atom is -0.390 e. The molecule has 8 bridgehead atoms. The number of hydrogen-bond acceptors (Lipinski definition) is 4. The molecule has 0 heterocycles. The Kier molecular flexibility index (Phi) is 3.18. The molecule has 8 aliphatic carbocycles. The summed E-state index contributed by atoms with van der Waals surface area (Å²) in [7, 11) is 0. The fraction of sp³-hybridized carbons (Fsp3) is 1.00. The number of rotatable bonds is 0. The van der Waals surface area contributed by atoms with Gasteiger partial charge in [0.2, 0.25) is 0 Å². The van der Waals surface area contributed by atoms with E-state index in [4.69, 9.17) is 0 Å². The average Bonchev–Trinajstić information content (AvgIpc) is 2.29. The van der Waals surface area contributed by atoms with Crippen LogP contribution in [0.5, 0.6) is 0 Å². The Labute approximate surface area is 144 Å². The summed E-state index contributed by atoms with van der Waals surface area (Å²) >= 11 is 0. The van der Waals surface area contributed by atoms with E-state index in [-0.39, 0.29) is 0 Å². The Bertz CT molecular complexity index is 428. The van der Waals surface area contributed by atoms with Crippen LogP contribution in [0, 0.1) is 23.7 Å². The van der Waals surface area contributed by atoms with Crippen LogP contribution in [0.4, 0.5) is 0 Å². The fourth-order valence-electron chi connectivity index (χ4n) is 8.33. The molecule has 24 heavy (non-hydrogen) atoms. The predicted octanol–water partition coefficient (Wildman–Crippen LogP) is 2.12. The van der Waals surface area contributed by atoms with Crippen LogP contribution < -0.4 is 0 Å². The first-order valence-electron chi connectivity index (χ1n) is 10.0. The van der Waals surface area contributed by atoms with Crippen LogP contribution in [0.15, 0.2) is 0 Å². The summed E-state index contributed by atoms with van der Waals surface area (Å²) in [6.45, 7) is 0. The molecule has 4 N–H and O–H groups in total. The van der Waals surface area contributed by atoms with E-state index in [1.54, 1.807) is 0 Å². The van der Waals surface area contributed by atoms with E-state index in [0.717, 1.165) is 51.4 Å². The van der Waals surface area contributed by atoms with Crippen molar-refractivity contribution in [1.29, 1.82) is 0 Å². The Balaban J connectivity index is 0.000000109. The maximum Gasteiger partial charge on any atom is 0.0680 e. The molecule has 8 aliphatic rings. The van der Waals surface area contributed by atoms with E-state index in [1.165, 1.54) is 12.8 Å². The zero-order chi connectivity index (χ0) is 16.8. The third-order valence-electron chi connectivity index (χ3n) is 8.00. The molecule has 8 saturated carbocycles. The van der Waals surface area contributed by atoms with Gasteiger partial charge in [0.25, 0.3) is 0 Å². The monoisotopic (exact) mass is 336 g/mol. The molecule has 0 aliphatic heterocycles. The largest absolute Gasteiger partial charge is 0.390 e. The molecule has 4 nitrogen and oxygen atoms in total. The average molecular weight is 336 g/mol. The lowest BCUT2D eigenvalue weighted by Gasteiger charge is -2.58. The zero-order valence-electron chi connectivity index (χ0n) is 14.6. The lowest BCUT2D eigenvalue weighted by Crippen LogP contribution is -2.58. The van der Waals surface area contributed by atoms with Crippen molar-refractivity contribution in [2.45, 2.75) is 99.5 Å². The lowest BCUT2D eigenvalue weighted by molar-refractivity contribution is -0.199. The van der Waals surface area contributed by atoms with E-state index in [1.807, 2.05) is 0 Å². The molecular weight excluding hydrogens is 304 g/mol. The van der Waals surface area contributed by atoms with Gasteiger partial charge in [0, 0.05) is 12.8 Å². The van der Waals surface area contributed by atoms with Crippen LogP contribution in [0.25, 0.3) is 0 Å². The van der Waals surface area contributed by atoms with Gasteiger partial charge in [-0.3, -0.25) is 0 Å². The second-order valence-corrected chi connectivity index (χ2v) is 10.8. The molecule has 0 atom stereocenters. The van der Waals surface area contributed by atoms with Gasteiger partial charge < -0.3 is 20.4 Å². The quantitative estimate of drug-likeness (QED) is 0.546. The maximum absolute atomic E-state index is 10.1. The van der Waals surface area contributed by atoms with Gasteiger partial charge in [-0.1, -0.05) is 0 Å². The summed E-state index contributed by atoms with van der Waals surface area (Å²) in [5.41, 5.74) is -1.95. The first kappa shape index (κ1) is 16.0. The van der Waals surface area contributed by atoms with Crippen molar-refractivity contribution >= 4 is 0 Å². The van der Waals surface area contributed by atoms with Gasteiger partial charge in [-0.25, -0.2) is 0 Å². The first-order chi connectivity index (χ1) is 11.1. The van der Waals surface area contributed by atoms with Crippen molar-refractivity contribution in [2.24, 2.45) is 23.7 Å². The molecule has 0 aromatic carbocycles.